The van der Waals surface area contributed by atoms with Crippen molar-refractivity contribution in [3.8, 4) is 6.07 Å². The highest BCUT2D eigenvalue weighted by molar-refractivity contribution is 5.66. The average Bonchev–Trinajstić information content (AvgIpc) is 2.38. The quantitative estimate of drug-likeness (QED) is 0.628. The lowest BCUT2D eigenvalue weighted by Gasteiger charge is -2.32. The summed E-state index contributed by atoms with van der Waals surface area (Å²) in [5, 5.41) is 19.9. The smallest absolute Gasteiger partial charge is 0.292 e. The fraction of sp³-hybridized carbons (Fsp3) is 0.417. The van der Waals surface area contributed by atoms with Gasteiger partial charge in [-0.25, -0.2) is 0 Å². The van der Waals surface area contributed by atoms with E-state index in [9.17, 15) is 10.1 Å². The van der Waals surface area contributed by atoms with Gasteiger partial charge in [0.2, 0.25) is 0 Å². The molecule has 2 rings (SSSR count). The molecule has 1 aliphatic rings. The molecule has 1 saturated heterocycles. The topological polar surface area (TPSA) is 96.2 Å². The van der Waals surface area contributed by atoms with Crippen molar-refractivity contribution in [3.05, 3.63) is 33.9 Å². The Hall–Kier alpha value is -2.13. The van der Waals surface area contributed by atoms with Gasteiger partial charge in [-0.3, -0.25) is 10.1 Å². The fourth-order valence-corrected chi connectivity index (χ4v) is 2.23. The molecule has 0 aliphatic carbocycles. The molecule has 94 valence electrons. The van der Waals surface area contributed by atoms with Gasteiger partial charge in [0, 0.05) is 25.2 Å². The van der Waals surface area contributed by atoms with E-state index >= 15 is 0 Å². The molecule has 0 spiro atoms. The van der Waals surface area contributed by atoms with Crippen molar-refractivity contribution in [1.82, 2.24) is 0 Å². The zero-order valence-electron chi connectivity index (χ0n) is 9.87. The number of rotatable bonds is 2. The van der Waals surface area contributed by atoms with Gasteiger partial charge in [0.15, 0.2) is 0 Å². The Morgan fingerprint density at radius 3 is 2.94 bits per heavy atom. The zero-order valence-corrected chi connectivity index (χ0v) is 9.87. The van der Waals surface area contributed by atoms with Crippen LogP contribution in [0.3, 0.4) is 0 Å². The molecule has 1 unspecified atom stereocenters. The molecule has 6 heteroatoms. The number of anilines is 1. The van der Waals surface area contributed by atoms with Crippen LogP contribution in [0.1, 0.15) is 18.4 Å². The van der Waals surface area contributed by atoms with Crippen molar-refractivity contribution >= 4 is 11.4 Å². The minimum absolute atomic E-state index is 0.0306. The molecule has 6 nitrogen and oxygen atoms in total. The Bertz CT molecular complexity index is 509. The molecule has 0 saturated carbocycles. The van der Waals surface area contributed by atoms with E-state index in [1.807, 2.05) is 11.0 Å². The van der Waals surface area contributed by atoms with Crippen LogP contribution in [0.25, 0.3) is 0 Å². The van der Waals surface area contributed by atoms with Crippen molar-refractivity contribution in [2.45, 2.75) is 18.9 Å². The molecular formula is C12H14N4O2. The Morgan fingerprint density at radius 2 is 2.33 bits per heavy atom. The molecule has 1 atom stereocenters. The third-order valence-corrected chi connectivity index (χ3v) is 3.10. The van der Waals surface area contributed by atoms with Gasteiger partial charge >= 0.3 is 0 Å². The fourth-order valence-electron chi connectivity index (χ4n) is 2.23. The van der Waals surface area contributed by atoms with Crippen molar-refractivity contribution in [1.29, 1.82) is 5.26 Å². The van der Waals surface area contributed by atoms with E-state index in [0.29, 0.717) is 17.8 Å². The summed E-state index contributed by atoms with van der Waals surface area (Å²) in [6, 6.07) is 6.45. The Balaban J connectivity index is 2.40. The molecular weight excluding hydrogens is 232 g/mol. The molecule has 18 heavy (non-hydrogen) atoms. The van der Waals surface area contributed by atoms with E-state index in [0.717, 1.165) is 19.4 Å². The van der Waals surface area contributed by atoms with Crippen LogP contribution in [-0.4, -0.2) is 24.1 Å². The van der Waals surface area contributed by atoms with Crippen LogP contribution < -0.4 is 10.6 Å². The van der Waals surface area contributed by atoms with E-state index in [4.69, 9.17) is 11.0 Å². The summed E-state index contributed by atoms with van der Waals surface area (Å²) in [6.45, 7) is 1.33. The van der Waals surface area contributed by atoms with E-state index in [-0.39, 0.29) is 11.7 Å². The van der Waals surface area contributed by atoms with Crippen LogP contribution in [0.15, 0.2) is 18.2 Å². The van der Waals surface area contributed by atoms with Crippen LogP contribution in [0, 0.1) is 21.4 Å². The number of nitrogens with zero attached hydrogens (tertiary/aromatic N) is 3. The first kappa shape index (κ1) is 12.3. The van der Waals surface area contributed by atoms with Crippen molar-refractivity contribution in [2.24, 2.45) is 5.73 Å². The second kappa shape index (κ2) is 5.02. The van der Waals surface area contributed by atoms with E-state index < -0.39 is 4.92 Å². The summed E-state index contributed by atoms with van der Waals surface area (Å²) in [5.41, 5.74) is 6.83. The minimum Gasteiger partial charge on any atom is -0.364 e. The maximum absolute atomic E-state index is 11.0. The first-order valence-electron chi connectivity index (χ1n) is 5.81. The molecule has 0 amide bonds. The monoisotopic (exact) mass is 246 g/mol. The minimum atomic E-state index is -0.420. The SMILES string of the molecule is N#Cc1ccc([N+](=O)[O-])c(N2CCCC(N)C2)c1. The van der Waals surface area contributed by atoms with Crippen LogP contribution in [0.4, 0.5) is 11.4 Å². The molecule has 1 aromatic carbocycles. The Labute approximate surface area is 105 Å². The number of nitro groups is 1. The molecule has 0 bridgehead atoms. The average molecular weight is 246 g/mol. The summed E-state index contributed by atoms with van der Waals surface area (Å²) in [7, 11) is 0. The van der Waals surface area contributed by atoms with Crippen molar-refractivity contribution in [2.75, 3.05) is 18.0 Å². The highest BCUT2D eigenvalue weighted by Crippen LogP contribution is 2.30. The lowest BCUT2D eigenvalue weighted by atomic mass is 10.0. The number of nitriles is 1. The number of nitrogens with two attached hydrogens (primary N) is 1. The lowest BCUT2D eigenvalue weighted by molar-refractivity contribution is -0.384. The van der Waals surface area contributed by atoms with Gasteiger partial charge in [-0.05, 0) is 25.0 Å². The molecule has 0 radical (unpaired) electrons. The van der Waals surface area contributed by atoms with Gasteiger partial charge in [0.1, 0.15) is 5.69 Å². The predicted octanol–water partition coefficient (Wildman–Crippen LogP) is 1.39. The highest BCUT2D eigenvalue weighted by Gasteiger charge is 2.24. The molecule has 0 aromatic heterocycles. The van der Waals surface area contributed by atoms with E-state index in [1.165, 1.54) is 12.1 Å². The highest BCUT2D eigenvalue weighted by atomic mass is 16.6. The molecule has 2 N–H and O–H groups in total. The first-order valence-corrected chi connectivity index (χ1v) is 5.81. The van der Waals surface area contributed by atoms with Gasteiger partial charge in [0.05, 0.1) is 16.6 Å². The van der Waals surface area contributed by atoms with Crippen molar-refractivity contribution < 1.29 is 4.92 Å². The van der Waals surface area contributed by atoms with Gasteiger partial charge in [-0.15, -0.1) is 0 Å². The van der Waals surface area contributed by atoms with Gasteiger partial charge in [-0.1, -0.05) is 0 Å². The largest absolute Gasteiger partial charge is 0.364 e. The maximum Gasteiger partial charge on any atom is 0.292 e. The second-order valence-electron chi connectivity index (χ2n) is 4.42. The number of benzene rings is 1. The third kappa shape index (κ3) is 2.41. The van der Waals surface area contributed by atoms with E-state index in [1.54, 1.807) is 6.07 Å². The summed E-state index contributed by atoms with van der Waals surface area (Å²) < 4.78 is 0. The standard InChI is InChI=1S/C12H14N4O2/c13-7-9-3-4-11(16(17)18)12(6-9)15-5-1-2-10(14)8-15/h3-4,6,10H,1-2,5,8,14H2. The summed E-state index contributed by atoms with van der Waals surface area (Å²) in [4.78, 5) is 12.5. The maximum atomic E-state index is 11.0. The lowest BCUT2D eigenvalue weighted by Crippen LogP contribution is -2.43. The molecule has 1 heterocycles. The number of nitro benzene ring substituents is 1. The van der Waals surface area contributed by atoms with E-state index in [2.05, 4.69) is 0 Å². The van der Waals surface area contributed by atoms with Crippen LogP contribution in [0.5, 0.6) is 0 Å². The number of hydrogen-bond acceptors (Lipinski definition) is 5. The van der Waals surface area contributed by atoms with Crippen LogP contribution in [0.2, 0.25) is 0 Å². The normalized spacial score (nSPS) is 19.3. The predicted molar refractivity (Wildman–Crippen MR) is 67.2 cm³/mol. The van der Waals surface area contributed by atoms with Gasteiger partial charge in [-0.2, -0.15) is 5.26 Å². The Morgan fingerprint density at radius 1 is 1.56 bits per heavy atom. The number of hydrogen-bond donors (Lipinski definition) is 1. The second-order valence-corrected chi connectivity index (χ2v) is 4.42. The van der Waals surface area contributed by atoms with Crippen LogP contribution in [-0.2, 0) is 0 Å². The first-order chi connectivity index (χ1) is 8.61. The summed E-state index contributed by atoms with van der Waals surface area (Å²) in [5.74, 6) is 0. The third-order valence-electron chi connectivity index (χ3n) is 3.10. The summed E-state index contributed by atoms with van der Waals surface area (Å²) in [6.07, 6.45) is 1.84. The zero-order chi connectivity index (χ0) is 13.1. The molecule has 1 aliphatic heterocycles. The molecule has 1 fully saturated rings. The number of piperidine rings is 1. The molecule has 1 aromatic rings. The van der Waals surface area contributed by atoms with Gasteiger partial charge < -0.3 is 10.6 Å². The van der Waals surface area contributed by atoms with Gasteiger partial charge in [0.25, 0.3) is 5.69 Å². The van der Waals surface area contributed by atoms with Crippen LogP contribution >= 0.6 is 0 Å². The Kier molecular flexibility index (Phi) is 3.44. The van der Waals surface area contributed by atoms with Crippen molar-refractivity contribution in [3.63, 3.8) is 0 Å². The summed E-state index contributed by atoms with van der Waals surface area (Å²) >= 11 is 0.